The van der Waals surface area contributed by atoms with Crippen LogP contribution in [0.25, 0.3) is 0 Å². The van der Waals surface area contributed by atoms with Gasteiger partial charge in [-0.2, -0.15) is 0 Å². The molecule has 2 saturated heterocycles. The maximum Gasteiger partial charge on any atom is 0.573 e. The number of aliphatic hydroxyl groups is 1. The average Bonchev–Trinajstić information content (AvgIpc) is 3.64. The van der Waals surface area contributed by atoms with Gasteiger partial charge in [0.15, 0.2) is 11.3 Å². The van der Waals surface area contributed by atoms with Gasteiger partial charge < -0.3 is 29.1 Å². The molecule has 12 nitrogen and oxygen atoms in total. The Balaban J connectivity index is 1.62. The van der Waals surface area contributed by atoms with Crippen molar-refractivity contribution in [1.82, 2.24) is 14.7 Å². The number of piperidine rings is 1. The Labute approximate surface area is 317 Å². The van der Waals surface area contributed by atoms with Gasteiger partial charge in [-0.1, -0.05) is 24.1 Å². The van der Waals surface area contributed by atoms with Gasteiger partial charge in [-0.05, 0) is 86.8 Å². The predicted octanol–water partition coefficient (Wildman–Crippen LogP) is 4.79. The molecule has 3 atom stereocenters. The van der Waals surface area contributed by atoms with Gasteiger partial charge in [0.2, 0.25) is 5.91 Å². The van der Waals surface area contributed by atoms with Crippen LogP contribution in [0.3, 0.4) is 0 Å². The molecule has 3 aliphatic heterocycles. The van der Waals surface area contributed by atoms with Crippen LogP contribution >= 0.6 is 11.6 Å². The molecule has 0 aliphatic carbocycles. The van der Waals surface area contributed by atoms with Gasteiger partial charge in [0.1, 0.15) is 16.4 Å². The maximum atomic E-state index is 15.7. The number of benzene rings is 3. The Hall–Kier alpha value is -4.09. The van der Waals surface area contributed by atoms with Crippen LogP contribution in [0, 0.1) is 0 Å². The van der Waals surface area contributed by atoms with E-state index in [4.69, 9.17) is 21.1 Å². The van der Waals surface area contributed by atoms with Gasteiger partial charge >= 0.3 is 6.36 Å². The van der Waals surface area contributed by atoms with Crippen molar-refractivity contribution in [2.45, 2.75) is 61.0 Å². The number of fused-ring (bicyclic) bond motifs is 1. The minimum atomic E-state index is -5.31. The van der Waals surface area contributed by atoms with Gasteiger partial charge in [0, 0.05) is 49.4 Å². The molecule has 0 saturated carbocycles. The van der Waals surface area contributed by atoms with E-state index < -0.39 is 56.5 Å². The average molecular weight is 795 g/mol. The standard InChI is InChI=1S/C37H42ClF3N4O8S/c1-42(2)34(47)30-20-25(46)22-44(30)36(28-18-23(8-12-31(28)52-4)14-17-43-15-6-5-7-16-43)27-19-24(38)9-11-29(27)45(35(36)48)54(49,50)33-13-10-26(51-3)21-32(33)53-37(39,40)41/h8-13,18-19,21,25,30,46H,5-7,14-17,20,22H2,1-4H3/t25-,30+,36?/m1/s1. The lowest BCUT2D eigenvalue weighted by atomic mass is 9.80. The zero-order valence-corrected chi connectivity index (χ0v) is 31.8. The smallest absolute Gasteiger partial charge is 0.497 e. The number of hydrogen-bond acceptors (Lipinski definition) is 10. The number of hydrogen-bond donors (Lipinski definition) is 1. The summed E-state index contributed by atoms with van der Waals surface area (Å²) >= 11 is 6.60. The van der Waals surface area contributed by atoms with E-state index in [0.717, 1.165) is 56.1 Å². The van der Waals surface area contributed by atoms with E-state index in [2.05, 4.69) is 9.64 Å². The van der Waals surface area contributed by atoms with Crippen LogP contribution in [-0.4, -0.2) is 113 Å². The van der Waals surface area contributed by atoms with Gasteiger partial charge in [-0.15, -0.1) is 13.2 Å². The lowest BCUT2D eigenvalue weighted by molar-refractivity contribution is -0.275. The molecule has 17 heteroatoms. The first-order chi connectivity index (χ1) is 25.5. The number of carbonyl (C=O) groups excluding carboxylic acids is 2. The molecule has 3 heterocycles. The second-order valence-corrected chi connectivity index (χ2v) is 16.0. The number of rotatable bonds is 11. The number of aliphatic hydroxyl groups excluding tert-OH is 1. The summed E-state index contributed by atoms with van der Waals surface area (Å²) in [7, 11) is 0.355. The zero-order valence-electron chi connectivity index (χ0n) is 30.2. The van der Waals surface area contributed by atoms with Crippen LogP contribution in [0.2, 0.25) is 5.02 Å². The molecule has 1 N–H and O–H groups in total. The molecule has 1 unspecified atom stereocenters. The number of alkyl halides is 3. The number of methoxy groups -OCH3 is 2. The van der Waals surface area contributed by atoms with E-state index in [1.165, 1.54) is 56.3 Å². The monoisotopic (exact) mass is 794 g/mol. The van der Waals surface area contributed by atoms with Crippen molar-refractivity contribution in [3.8, 4) is 17.2 Å². The first-order valence-corrected chi connectivity index (χ1v) is 19.2. The molecule has 2 amide bonds. The van der Waals surface area contributed by atoms with E-state index in [0.29, 0.717) is 17.3 Å². The second kappa shape index (κ2) is 15.2. The summed E-state index contributed by atoms with van der Waals surface area (Å²) < 4.78 is 86.3. The van der Waals surface area contributed by atoms with Crippen LogP contribution in [0.4, 0.5) is 18.9 Å². The molecule has 2 fully saturated rings. The largest absolute Gasteiger partial charge is 0.573 e. The summed E-state index contributed by atoms with van der Waals surface area (Å²) in [6.45, 7) is 2.33. The number of ether oxygens (including phenoxy) is 3. The normalized spacial score (nSPS) is 22.3. The Bertz CT molecular complexity index is 2030. The highest BCUT2D eigenvalue weighted by Crippen LogP contribution is 2.55. The zero-order chi connectivity index (χ0) is 39.2. The minimum absolute atomic E-state index is 0.0208. The van der Waals surface area contributed by atoms with E-state index in [1.54, 1.807) is 12.1 Å². The van der Waals surface area contributed by atoms with E-state index in [-0.39, 0.29) is 46.3 Å². The van der Waals surface area contributed by atoms with Crippen LogP contribution < -0.4 is 18.5 Å². The number of likely N-dealkylation sites (N-methyl/N-ethyl adjacent to an activating group) is 1. The third kappa shape index (κ3) is 7.21. The summed E-state index contributed by atoms with van der Waals surface area (Å²) in [4.78, 5) is 33.7. The van der Waals surface area contributed by atoms with Crippen LogP contribution in [-0.2, 0) is 31.6 Å². The number of carbonyl (C=O) groups is 2. The lowest BCUT2D eigenvalue weighted by Gasteiger charge is -2.42. The summed E-state index contributed by atoms with van der Waals surface area (Å²) in [5.41, 5.74) is -1.46. The fraction of sp³-hybridized carbons (Fsp3) is 0.459. The third-order valence-corrected chi connectivity index (χ3v) is 12.2. The molecule has 6 rings (SSSR count). The van der Waals surface area contributed by atoms with Crippen molar-refractivity contribution in [1.29, 1.82) is 0 Å². The van der Waals surface area contributed by atoms with Crippen LogP contribution in [0.5, 0.6) is 17.2 Å². The minimum Gasteiger partial charge on any atom is -0.497 e. The van der Waals surface area contributed by atoms with Crippen molar-refractivity contribution in [2.24, 2.45) is 0 Å². The predicted molar refractivity (Wildman–Crippen MR) is 193 cm³/mol. The Morgan fingerprint density at radius 2 is 1.70 bits per heavy atom. The lowest BCUT2D eigenvalue weighted by Crippen LogP contribution is -2.59. The maximum absolute atomic E-state index is 15.7. The fourth-order valence-electron chi connectivity index (χ4n) is 7.79. The first-order valence-electron chi connectivity index (χ1n) is 17.4. The molecule has 0 spiro atoms. The van der Waals surface area contributed by atoms with Crippen molar-refractivity contribution in [3.05, 3.63) is 76.3 Å². The molecular weight excluding hydrogens is 753 g/mol. The summed E-state index contributed by atoms with van der Waals surface area (Å²) in [6, 6.07) is 10.8. The fourth-order valence-corrected chi connectivity index (χ4v) is 9.52. The molecule has 3 aromatic carbocycles. The summed E-state index contributed by atoms with van der Waals surface area (Å²) in [5.74, 6) is -2.72. The highest BCUT2D eigenvalue weighted by atomic mass is 35.5. The van der Waals surface area contributed by atoms with E-state index in [9.17, 15) is 31.5 Å². The number of sulfonamides is 1. The molecule has 0 bridgehead atoms. The summed E-state index contributed by atoms with van der Waals surface area (Å²) in [6.07, 6.45) is -2.67. The quantitative estimate of drug-likeness (QED) is 0.290. The number of halogens is 4. The van der Waals surface area contributed by atoms with Gasteiger partial charge in [0.25, 0.3) is 15.9 Å². The number of anilines is 1. The molecule has 54 heavy (non-hydrogen) atoms. The molecule has 3 aliphatic rings. The molecule has 292 valence electrons. The molecule has 0 aromatic heterocycles. The van der Waals surface area contributed by atoms with E-state index in [1.807, 2.05) is 6.07 Å². The number of β-amino-alcohol motifs (C(OH)–C–C–N with tert-alkyl or cyclic N) is 1. The summed E-state index contributed by atoms with van der Waals surface area (Å²) in [5, 5.41) is 11.3. The first kappa shape index (κ1) is 39.6. The van der Waals surface area contributed by atoms with Crippen LogP contribution in [0.15, 0.2) is 59.5 Å². The highest BCUT2D eigenvalue weighted by Gasteiger charge is 2.64. The topological polar surface area (TPSA) is 129 Å². The number of likely N-dealkylation sites (tertiary alicyclic amines) is 2. The van der Waals surface area contributed by atoms with Crippen molar-refractivity contribution < 1.29 is 50.5 Å². The van der Waals surface area contributed by atoms with Gasteiger partial charge in [0.05, 0.1) is 32.1 Å². The Morgan fingerprint density at radius 1 is 0.981 bits per heavy atom. The van der Waals surface area contributed by atoms with Crippen molar-refractivity contribution in [3.63, 3.8) is 0 Å². The second-order valence-electron chi connectivity index (χ2n) is 13.8. The van der Waals surface area contributed by atoms with E-state index >= 15 is 4.79 Å². The third-order valence-electron chi connectivity index (χ3n) is 10.2. The van der Waals surface area contributed by atoms with Gasteiger partial charge in [-0.25, -0.2) is 12.7 Å². The number of amides is 2. The molecule has 0 radical (unpaired) electrons. The molecule has 3 aromatic rings. The van der Waals surface area contributed by atoms with Gasteiger partial charge in [-0.3, -0.25) is 14.5 Å². The SMILES string of the molecule is COc1ccc(S(=O)(=O)N2C(=O)C(c3cc(CCN4CCCCC4)ccc3OC)(N3C[C@H](O)C[C@H]3C(=O)N(C)C)c3cc(Cl)ccc32)c(OC(F)(F)F)c1. The van der Waals surface area contributed by atoms with Crippen molar-refractivity contribution >= 4 is 39.1 Å². The number of nitrogens with zero attached hydrogens (tertiary/aromatic N) is 4. The Kier molecular flexibility index (Phi) is 11.2. The molecular formula is C37H42ClF3N4O8S. The van der Waals surface area contributed by atoms with Crippen molar-refractivity contribution in [2.75, 3.05) is 58.8 Å². The van der Waals surface area contributed by atoms with Crippen LogP contribution in [0.1, 0.15) is 42.4 Å². The highest BCUT2D eigenvalue weighted by molar-refractivity contribution is 7.93. The Morgan fingerprint density at radius 3 is 2.35 bits per heavy atom.